The minimum atomic E-state index is -2.59. The van der Waals surface area contributed by atoms with Crippen molar-refractivity contribution in [2.24, 2.45) is 0 Å². The van der Waals surface area contributed by atoms with E-state index >= 15 is 0 Å². The number of hydrogen-bond acceptors (Lipinski definition) is 6. The number of ether oxygens (including phenoxy) is 1. The molecule has 0 saturated heterocycles. The monoisotopic (exact) mass is 285 g/mol. The maximum Gasteiger partial charge on any atom is 0.387 e. The van der Waals surface area contributed by atoms with Gasteiger partial charge in [-0.15, -0.1) is 0 Å². The number of hydrogen-bond donors (Lipinski definition) is 2. The summed E-state index contributed by atoms with van der Waals surface area (Å²) in [6.45, 7) is 1.49. The summed E-state index contributed by atoms with van der Waals surface area (Å²) in [6.07, 6.45) is 0.561. The SMILES string of the molecule is CCOC(=O)C1=C(C(=O)O)CC(C(=O)O)([N+](=O)[O-])C=C1. The predicted molar refractivity (Wildman–Crippen MR) is 62.4 cm³/mol. The van der Waals surface area contributed by atoms with Crippen molar-refractivity contribution in [1.82, 2.24) is 0 Å². The van der Waals surface area contributed by atoms with E-state index in [1.54, 1.807) is 0 Å². The molecule has 108 valence electrons. The van der Waals surface area contributed by atoms with Gasteiger partial charge < -0.3 is 14.9 Å². The third-order valence-electron chi connectivity index (χ3n) is 2.75. The summed E-state index contributed by atoms with van der Waals surface area (Å²) in [4.78, 5) is 43.5. The number of carbonyl (C=O) groups excluding carboxylic acids is 1. The van der Waals surface area contributed by atoms with Gasteiger partial charge in [0.2, 0.25) is 0 Å². The van der Waals surface area contributed by atoms with E-state index in [-0.39, 0.29) is 6.61 Å². The lowest BCUT2D eigenvalue weighted by Crippen LogP contribution is -2.47. The van der Waals surface area contributed by atoms with Crippen LogP contribution in [0.1, 0.15) is 13.3 Å². The number of nitrogens with zero attached hydrogens (tertiary/aromatic N) is 1. The molecule has 0 radical (unpaired) electrons. The maximum absolute atomic E-state index is 11.6. The number of carboxylic acids is 2. The molecule has 0 amide bonds. The van der Waals surface area contributed by atoms with Gasteiger partial charge in [0.05, 0.1) is 24.2 Å². The van der Waals surface area contributed by atoms with E-state index in [9.17, 15) is 24.5 Å². The minimum absolute atomic E-state index is 0.0115. The van der Waals surface area contributed by atoms with Crippen LogP contribution in [-0.4, -0.2) is 45.2 Å². The molecule has 0 aliphatic heterocycles. The van der Waals surface area contributed by atoms with Crippen molar-refractivity contribution >= 4 is 17.9 Å². The summed E-state index contributed by atoms with van der Waals surface area (Å²) in [5, 5.41) is 28.9. The fraction of sp³-hybridized carbons (Fsp3) is 0.364. The molecule has 0 aromatic carbocycles. The first kappa shape index (κ1) is 15.3. The number of carboxylic acid groups (broad SMARTS) is 2. The van der Waals surface area contributed by atoms with E-state index < -0.39 is 45.9 Å². The molecule has 1 aliphatic carbocycles. The molecule has 0 bridgehead atoms. The molecule has 1 atom stereocenters. The van der Waals surface area contributed by atoms with Crippen molar-refractivity contribution in [3.05, 3.63) is 33.4 Å². The lowest BCUT2D eigenvalue weighted by atomic mass is 9.83. The van der Waals surface area contributed by atoms with E-state index in [0.717, 1.165) is 6.08 Å². The normalized spacial score (nSPS) is 21.4. The Kier molecular flexibility index (Phi) is 4.23. The highest BCUT2D eigenvalue weighted by atomic mass is 16.6. The smallest absolute Gasteiger partial charge is 0.387 e. The highest BCUT2D eigenvalue weighted by Crippen LogP contribution is 2.31. The van der Waals surface area contributed by atoms with Gasteiger partial charge in [0.15, 0.2) is 0 Å². The van der Waals surface area contributed by atoms with E-state index in [1.165, 1.54) is 6.92 Å². The summed E-state index contributed by atoms with van der Waals surface area (Å²) in [7, 11) is 0. The van der Waals surface area contributed by atoms with Crippen LogP contribution < -0.4 is 0 Å². The molecule has 1 rings (SSSR count). The quantitative estimate of drug-likeness (QED) is 0.407. The second-order valence-electron chi connectivity index (χ2n) is 3.91. The summed E-state index contributed by atoms with van der Waals surface area (Å²) in [6, 6.07) is 0. The molecule has 0 spiro atoms. The maximum atomic E-state index is 11.6. The van der Waals surface area contributed by atoms with Gasteiger partial charge in [0.25, 0.3) is 0 Å². The third kappa shape index (κ3) is 2.51. The molecule has 2 N–H and O–H groups in total. The lowest BCUT2D eigenvalue weighted by Gasteiger charge is -2.22. The lowest BCUT2D eigenvalue weighted by molar-refractivity contribution is -0.540. The van der Waals surface area contributed by atoms with Gasteiger partial charge in [-0.2, -0.15) is 0 Å². The minimum Gasteiger partial charge on any atom is -0.478 e. The molecular weight excluding hydrogens is 274 g/mol. The number of carbonyl (C=O) groups is 3. The molecule has 1 aliphatic rings. The topological polar surface area (TPSA) is 144 Å². The number of aliphatic carboxylic acids is 2. The molecule has 0 aromatic heterocycles. The zero-order chi connectivity index (χ0) is 15.5. The van der Waals surface area contributed by atoms with Gasteiger partial charge in [-0.05, 0) is 13.0 Å². The molecule has 9 nitrogen and oxygen atoms in total. The predicted octanol–water partition coefficient (Wildman–Crippen LogP) is -0.00930. The number of esters is 1. The Morgan fingerprint density at radius 1 is 1.45 bits per heavy atom. The highest BCUT2D eigenvalue weighted by molar-refractivity contribution is 6.03. The highest BCUT2D eigenvalue weighted by Gasteiger charge is 2.53. The van der Waals surface area contributed by atoms with Crippen LogP contribution in [0.2, 0.25) is 0 Å². The summed E-state index contributed by atoms with van der Waals surface area (Å²) >= 11 is 0. The summed E-state index contributed by atoms with van der Waals surface area (Å²) in [5.41, 5.74) is -3.65. The van der Waals surface area contributed by atoms with Crippen LogP contribution in [0.4, 0.5) is 0 Å². The molecule has 20 heavy (non-hydrogen) atoms. The molecule has 0 aromatic rings. The van der Waals surface area contributed by atoms with Crippen LogP contribution >= 0.6 is 0 Å². The van der Waals surface area contributed by atoms with Crippen LogP contribution in [0.3, 0.4) is 0 Å². The molecule has 0 heterocycles. The Balaban J connectivity index is 3.33. The van der Waals surface area contributed by atoms with Crippen molar-refractivity contribution in [2.45, 2.75) is 18.9 Å². The van der Waals surface area contributed by atoms with E-state index in [1.807, 2.05) is 0 Å². The molecule has 0 saturated carbocycles. The second kappa shape index (κ2) is 5.51. The Labute approximate surface area is 112 Å². The molecular formula is C11H11NO8. The first-order valence-corrected chi connectivity index (χ1v) is 5.47. The van der Waals surface area contributed by atoms with E-state index in [2.05, 4.69) is 4.74 Å². The van der Waals surface area contributed by atoms with Crippen molar-refractivity contribution in [3.63, 3.8) is 0 Å². The fourth-order valence-electron chi connectivity index (χ4n) is 1.69. The van der Waals surface area contributed by atoms with Crippen LogP contribution in [0.25, 0.3) is 0 Å². The summed E-state index contributed by atoms with van der Waals surface area (Å²) in [5.74, 6) is -4.38. The van der Waals surface area contributed by atoms with Crippen LogP contribution in [0.5, 0.6) is 0 Å². The van der Waals surface area contributed by atoms with Gasteiger partial charge in [0, 0.05) is 11.0 Å². The second-order valence-corrected chi connectivity index (χ2v) is 3.91. The van der Waals surface area contributed by atoms with Gasteiger partial charge >= 0.3 is 23.4 Å². The van der Waals surface area contributed by atoms with E-state index in [0.29, 0.717) is 6.08 Å². The first-order valence-electron chi connectivity index (χ1n) is 5.47. The average Bonchev–Trinajstić information content (AvgIpc) is 2.37. The Hall–Kier alpha value is -2.71. The van der Waals surface area contributed by atoms with Gasteiger partial charge in [0.1, 0.15) is 0 Å². The van der Waals surface area contributed by atoms with Gasteiger partial charge in [-0.3, -0.25) is 10.1 Å². The Morgan fingerprint density at radius 2 is 2.05 bits per heavy atom. The first-order chi connectivity index (χ1) is 9.26. The zero-order valence-corrected chi connectivity index (χ0v) is 10.4. The standard InChI is InChI=1S/C11H11NO8/c1-2-20-9(15)6-3-4-11(10(16)17,12(18)19)5-7(6)8(13)14/h3-4H,2,5H2,1H3,(H,13,14)(H,16,17). The molecule has 0 fully saturated rings. The van der Waals surface area contributed by atoms with Crippen LogP contribution in [-0.2, 0) is 19.1 Å². The zero-order valence-electron chi connectivity index (χ0n) is 10.4. The fourth-order valence-corrected chi connectivity index (χ4v) is 1.69. The number of nitro groups is 1. The van der Waals surface area contributed by atoms with Gasteiger partial charge in [-0.25, -0.2) is 14.4 Å². The van der Waals surface area contributed by atoms with Gasteiger partial charge in [-0.1, -0.05) is 0 Å². The van der Waals surface area contributed by atoms with Crippen molar-refractivity contribution < 1.29 is 34.3 Å². The van der Waals surface area contributed by atoms with Crippen LogP contribution in [0.15, 0.2) is 23.3 Å². The van der Waals surface area contributed by atoms with E-state index in [4.69, 9.17) is 10.2 Å². The Bertz CT molecular complexity index is 531. The molecule has 1 unspecified atom stereocenters. The Morgan fingerprint density at radius 3 is 2.45 bits per heavy atom. The molecule has 9 heteroatoms. The third-order valence-corrected chi connectivity index (χ3v) is 2.75. The van der Waals surface area contributed by atoms with Crippen molar-refractivity contribution in [3.8, 4) is 0 Å². The van der Waals surface area contributed by atoms with Crippen molar-refractivity contribution in [2.75, 3.05) is 6.61 Å². The largest absolute Gasteiger partial charge is 0.478 e. The van der Waals surface area contributed by atoms with Crippen molar-refractivity contribution in [1.29, 1.82) is 0 Å². The average molecular weight is 285 g/mol. The van der Waals surface area contributed by atoms with Crippen LogP contribution in [0, 0.1) is 10.1 Å². The summed E-state index contributed by atoms with van der Waals surface area (Å²) < 4.78 is 4.62. The number of rotatable bonds is 5.